The van der Waals surface area contributed by atoms with Crippen LogP contribution in [0.15, 0.2) is 45.3 Å². The minimum Gasteiger partial charge on any atom is -0.870 e. The van der Waals surface area contributed by atoms with Gasteiger partial charge in [0.05, 0.1) is 22.5 Å². The van der Waals surface area contributed by atoms with Crippen LogP contribution in [-0.4, -0.2) is 38.8 Å². The maximum Gasteiger partial charge on any atom is 1.00 e. The molecule has 27 heavy (non-hydrogen) atoms. The summed E-state index contributed by atoms with van der Waals surface area (Å²) in [6.07, 6.45) is 0. The van der Waals surface area contributed by atoms with Crippen LogP contribution in [0, 0.1) is 0 Å². The van der Waals surface area contributed by atoms with Crippen molar-refractivity contribution < 1.29 is 65.0 Å². The second-order valence-corrected chi connectivity index (χ2v) is 6.16. The number of nitrogens with two attached hydrogens (primary N) is 1. The Balaban J connectivity index is 0. The number of aromatic carboxylic acids is 1. The number of benzene rings is 2. The average Bonchev–Trinajstić information content (AvgIpc) is 2.89. The van der Waals surface area contributed by atoms with Crippen LogP contribution in [0.2, 0.25) is 0 Å². The fraction of sp³-hybridized carbons (Fsp3) is 0. The number of nitrogen functional groups attached to an aromatic ring is 1. The summed E-state index contributed by atoms with van der Waals surface area (Å²) < 4.78 is 1.34. The quantitative estimate of drug-likeness (QED) is 0.117. The zero-order valence-electron chi connectivity index (χ0n) is 13.8. The van der Waals surface area contributed by atoms with Crippen LogP contribution in [0.5, 0.6) is 0 Å². The molecule has 7 N–H and O–H groups in total. The Morgan fingerprint density at radius 3 is 2.00 bits per heavy atom. The van der Waals surface area contributed by atoms with Gasteiger partial charge in [-0.25, -0.2) is 4.79 Å². The molecule has 0 aliphatic carbocycles. The SMILES string of the molecule is Nc1c(Br)cccc1C(=O)O.O=C1Nc2c(Br)cccc2C1=O.OO.[Na+].[OH-]. The van der Waals surface area contributed by atoms with E-state index >= 15 is 0 Å². The topological polar surface area (TPSA) is 180 Å². The van der Waals surface area contributed by atoms with Crippen molar-refractivity contribution in [1.82, 2.24) is 0 Å². The molecule has 0 unspecified atom stereocenters. The number of carbonyl (C=O) groups excluding carboxylic acids is 2. The Bertz CT molecular complexity index is 834. The first-order valence-corrected chi connectivity index (χ1v) is 8.03. The standard InChI is InChI=1S/C8H4BrNO2.C7H6BrNO2.Na.H2O2.H2O/c9-5-3-1-2-4-6(5)10-8(12)7(4)11;8-5-3-1-2-4(6(5)9)7(10)11;;1-2;/h1-3H,(H,10,11,12);1-3H,9H2,(H,10,11);;1-2H;1H2/q;;+1;;/p-1. The van der Waals surface area contributed by atoms with Crippen LogP contribution in [-0.2, 0) is 4.79 Å². The van der Waals surface area contributed by atoms with Crippen molar-refractivity contribution in [2.45, 2.75) is 0 Å². The number of halogens is 2. The van der Waals surface area contributed by atoms with Gasteiger partial charge in [0, 0.05) is 8.95 Å². The van der Waals surface area contributed by atoms with Crippen molar-refractivity contribution in [2.75, 3.05) is 11.1 Å². The smallest absolute Gasteiger partial charge is 0.870 e. The van der Waals surface area contributed by atoms with Gasteiger partial charge in [-0.1, -0.05) is 12.1 Å². The minimum absolute atomic E-state index is 0. The molecular weight excluding hydrogens is 503 g/mol. The van der Waals surface area contributed by atoms with Crippen molar-refractivity contribution in [3.63, 3.8) is 0 Å². The number of amides is 1. The van der Waals surface area contributed by atoms with E-state index in [2.05, 4.69) is 37.2 Å². The van der Waals surface area contributed by atoms with E-state index in [1.165, 1.54) is 6.07 Å². The molecular formula is C15H13Br2N2NaO7. The molecule has 0 fully saturated rings. The molecule has 3 rings (SSSR count). The summed E-state index contributed by atoms with van der Waals surface area (Å²) in [6.45, 7) is 0. The van der Waals surface area contributed by atoms with E-state index in [-0.39, 0.29) is 46.3 Å². The molecule has 1 heterocycles. The monoisotopic (exact) mass is 514 g/mol. The van der Waals surface area contributed by atoms with E-state index in [4.69, 9.17) is 21.4 Å². The molecule has 1 aliphatic heterocycles. The first kappa shape index (κ1) is 27.9. The van der Waals surface area contributed by atoms with E-state index in [0.29, 0.717) is 15.7 Å². The van der Waals surface area contributed by atoms with Crippen LogP contribution in [0.3, 0.4) is 0 Å². The zero-order valence-corrected chi connectivity index (χ0v) is 19.0. The Morgan fingerprint density at radius 2 is 1.52 bits per heavy atom. The summed E-state index contributed by atoms with van der Waals surface area (Å²) in [6, 6.07) is 9.91. The molecule has 2 aromatic carbocycles. The molecule has 2 aromatic rings. The third kappa shape index (κ3) is 6.97. The van der Waals surface area contributed by atoms with Crippen molar-refractivity contribution in [3.8, 4) is 0 Å². The van der Waals surface area contributed by atoms with Gasteiger partial charge in [0.1, 0.15) is 0 Å². The van der Waals surface area contributed by atoms with E-state index in [1.807, 2.05) is 0 Å². The summed E-state index contributed by atoms with van der Waals surface area (Å²) in [4.78, 5) is 32.5. The number of anilines is 2. The van der Waals surface area contributed by atoms with Gasteiger partial charge in [0.15, 0.2) is 0 Å². The van der Waals surface area contributed by atoms with Crippen molar-refractivity contribution in [2.24, 2.45) is 0 Å². The zero-order chi connectivity index (χ0) is 19.1. The van der Waals surface area contributed by atoms with Gasteiger partial charge >= 0.3 is 35.5 Å². The largest absolute Gasteiger partial charge is 1.00 e. The third-order valence-corrected chi connectivity index (χ3v) is 4.34. The van der Waals surface area contributed by atoms with Gasteiger partial charge in [-0.3, -0.25) is 20.1 Å². The van der Waals surface area contributed by atoms with Gasteiger partial charge in [-0.2, -0.15) is 0 Å². The van der Waals surface area contributed by atoms with Gasteiger partial charge in [-0.05, 0) is 56.1 Å². The molecule has 9 nitrogen and oxygen atoms in total. The number of ketones is 1. The van der Waals surface area contributed by atoms with Crippen LogP contribution >= 0.6 is 31.9 Å². The van der Waals surface area contributed by atoms with E-state index < -0.39 is 17.7 Å². The summed E-state index contributed by atoms with van der Waals surface area (Å²) in [7, 11) is 0. The van der Waals surface area contributed by atoms with E-state index in [9.17, 15) is 14.4 Å². The van der Waals surface area contributed by atoms with Gasteiger partial charge in [0.25, 0.3) is 11.7 Å². The molecule has 0 bridgehead atoms. The van der Waals surface area contributed by atoms with E-state index in [1.54, 1.807) is 30.3 Å². The molecule has 0 radical (unpaired) electrons. The molecule has 1 amide bonds. The molecule has 0 aromatic heterocycles. The van der Waals surface area contributed by atoms with Gasteiger partial charge in [0.2, 0.25) is 0 Å². The Labute approximate surface area is 192 Å². The second kappa shape index (κ2) is 13.0. The molecule has 140 valence electrons. The second-order valence-electron chi connectivity index (χ2n) is 4.45. The number of carboxylic acid groups (broad SMARTS) is 1. The normalized spacial score (nSPS) is 10.5. The van der Waals surface area contributed by atoms with Crippen LogP contribution in [0.4, 0.5) is 11.4 Å². The van der Waals surface area contributed by atoms with Crippen LogP contribution in [0.1, 0.15) is 20.7 Å². The summed E-state index contributed by atoms with van der Waals surface area (Å²) in [5, 5.41) is 23.1. The number of carboxylic acids is 1. The van der Waals surface area contributed by atoms with Crippen molar-refractivity contribution in [1.29, 1.82) is 0 Å². The maximum absolute atomic E-state index is 11.1. The fourth-order valence-electron chi connectivity index (χ4n) is 1.86. The molecule has 12 heteroatoms. The van der Waals surface area contributed by atoms with Crippen molar-refractivity contribution in [3.05, 3.63) is 56.5 Å². The minimum atomic E-state index is -1.01. The number of carbonyl (C=O) groups is 3. The number of fused-ring (bicyclic) bond motifs is 1. The molecule has 0 spiro atoms. The average molecular weight is 516 g/mol. The number of para-hydroxylation sites is 2. The van der Waals surface area contributed by atoms with Gasteiger partial charge in [-0.15, -0.1) is 0 Å². The summed E-state index contributed by atoms with van der Waals surface area (Å²) in [5.74, 6) is -2.04. The fourth-order valence-corrected chi connectivity index (χ4v) is 2.69. The summed E-state index contributed by atoms with van der Waals surface area (Å²) >= 11 is 6.36. The number of hydrogen-bond donors (Lipinski definition) is 5. The molecule has 0 saturated carbocycles. The molecule has 0 saturated heterocycles. The number of rotatable bonds is 1. The molecule has 1 aliphatic rings. The van der Waals surface area contributed by atoms with Crippen LogP contribution < -0.4 is 40.6 Å². The molecule has 0 atom stereocenters. The predicted molar refractivity (Wildman–Crippen MR) is 99.8 cm³/mol. The predicted octanol–water partition coefficient (Wildman–Crippen LogP) is 0.158. The number of Topliss-reactive ketones (excluding diaryl/α,β-unsaturated/α-hetero) is 1. The Morgan fingerprint density at radius 1 is 1.00 bits per heavy atom. The maximum atomic E-state index is 11.1. The van der Waals surface area contributed by atoms with Crippen molar-refractivity contribution >= 4 is 60.9 Å². The Kier molecular flexibility index (Phi) is 13.4. The summed E-state index contributed by atoms with van der Waals surface area (Å²) in [5.41, 5.74) is 6.86. The van der Waals surface area contributed by atoms with Crippen LogP contribution in [0.25, 0.3) is 0 Å². The first-order valence-electron chi connectivity index (χ1n) is 6.44. The van der Waals surface area contributed by atoms with Gasteiger partial charge < -0.3 is 21.6 Å². The first-order chi connectivity index (χ1) is 11.8. The number of hydrogen-bond acceptors (Lipinski definition) is 7. The number of nitrogens with one attached hydrogen (secondary N) is 1. The van der Waals surface area contributed by atoms with E-state index in [0.717, 1.165) is 4.47 Å². The Hall–Kier alpha value is -1.31. The third-order valence-electron chi connectivity index (χ3n) is 2.99.